The van der Waals surface area contributed by atoms with Gasteiger partial charge in [-0.25, -0.2) is 0 Å². The summed E-state index contributed by atoms with van der Waals surface area (Å²) in [6.07, 6.45) is 4.14. The van der Waals surface area contributed by atoms with Crippen LogP contribution in [0.4, 0.5) is 0 Å². The molecule has 1 atom stereocenters. The van der Waals surface area contributed by atoms with Crippen LogP contribution in [0, 0.1) is 0 Å². The summed E-state index contributed by atoms with van der Waals surface area (Å²) < 4.78 is 0. The van der Waals surface area contributed by atoms with Crippen molar-refractivity contribution in [3.05, 3.63) is 35.4 Å². The zero-order valence-electron chi connectivity index (χ0n) is 15.0. The van der Waals surface area contributed by atoms with Crippen molar-refractivity contribution >= 4 is 5.91 Å². The molecule has 1 aromatic carbocycles. The van der Waals surface area contributed by atoms with Crippen LogP contribution >= 0.6 is 0 Å². The Morgan fingerprint density at radius 1 is 1.04 bits per heavy atom. The minimum atomic E-state index is -0.757. The SMILES string of the molecule is O=C(CN1CCCC1)N1CCC(O)(CN2CCc3ccccc3C2)C1. The molecule has 2 saturated heterocycles. The molecule has 0 aromatic heterocycles. The highest BCUT2D eigenvalue weighted by molar-refractivity contribution is 5.78. The number of nitrogens with zero attached hydrogens (tertiary/aromatic N) is 3. The normalized spacial score (nSPS) is 27.6. The van der Waals surface area contributed by atoms with Crippen molar-refractivity contribution in [2.45, 2.75) is 37.8 Å². The number of carbonyl (C=O) groups is 1. The Bertz CT molecular complexity index is 629. The van der Waals surface area contributed by atoms with Gasteiger partial charge in [0.15, 0.2) is 0 Å². The largest absolute Gasteiger partial charge is 0.387 e. The Hall–Kier alpha value is -1.43. The fourth-order valence-corrected chi connectivity index (χ4v) is 4.54. The first-order valence-electron chi connectivity index (χ1n) is 9.63. The van der Waals surface area contributed by atoms with Gasteiger partial charge in [0.25, 0.3) is 0 Å². The number of aliphatic hydroxyl groups is 1. The third-order valence-corrected chi connectivity index (χ3v) is 5.97. The number of amides is 1. The van der Waals surface area contributed by atoms with Crippen LogP contribution in [0.3, 0.4) is 0 Å². The molecule has 3 aliphatic heterocycles. The van der Waals surface area contributed by atoms with Crippen LogP contribution in [0.25, 0.3) is 0 Å². The lowest BCUT2D eigenvalue weighted by molar-refractivity contribution is -0.132. The van der Waals surface area contributed by atoms with Crippen LogP contribution in [0.15, 0.2) is 24.3 Å². The predicted molar refractivity (Wildman–Crippen MR) is 97.2 cm³/mol. The van der Waals surface area contributed by atoms with E-state index in [4.69, 9.17) is 0 Å². The number of rotatable bonds is 4. The molecule has 0 bridgehead atoms. The number of benzene rings is 1. The third kappa shape index (κ3) is 3.89. The van der Waals surface area contributed by atoms with E-state index in [0.717, 1.165) is 32.6 Å². The summed E-state index contributed by atoms with van der Waals surface area (Å²) in [6.45, 7) is 6.32. The Morgan fingerprint density at radius 3 is 2.60 bits per heavy atom. The second-order valence-electron chi connectivity index (χ2n) is 8.00. The Labute approximate surface area is 150 Å². The van der Waals surface area contributed by atoms with E-state index < -0.39 is 5.60 Å². The standard InChI is InChI=1S/C20H29N3O2/c24-19(14-21-9-3-4-10-21)23-12-8-20(25,16-23)15-22-11-7-17-5-1-2-6-18(17)13-22/h1-2,5-6,25H,3-4,7-16H2. The first-order chi connectivity index (χ1) is 12.1. The molecule has 2 fully saturated rings. The number of β-amino-alcohol motifs (C(OH)–C–C–N with tert-alkyl or cyclic N) is 1. The van der Waals surface area contributed by atoms with Crippen molar-refractivity contribution in [2.24, 2.45) is 0 Å². The molecule has 0 spiro atoms. The van der Waals surface area contributed by atoms with E-state index in [9.17, 15) is 9.90 Å². The van der Waals surface area contributed by atoms with Gasteiger partial charge in [-0.1, -0.05) is 24.3 Å². The van der Waals surface area contributed by atoms with Gasteiger partial charge in [0.05, 0.1) is 18.7 Å². The lowest BCUT2D eigenvalue weighted by atomic mass is 9.97. The minimum absolute atomic E-state index is 0.182. The van der Waals surface area contributed by atoms with E-state index >= 15 is 0 Å². The summed E-state index contributed by atoms with van der Waals surface area (Å²) in [4.78, 5) is 19.0. The monoisotopic (exact) mass is 343 g/mol. The molecule has 0 aliphatic carbocycles. The Morgan fingerprint density at radius 2 is 1.80 bits per heavy atom. The summed E-state index contributed by atoms with van der Waals surface area (Å²) in [5, 5.41) is 11.0. The molecular weight excluding hydrogens is 314 g/mol. The second-order valence-corrected chi connectivity index (χ2v) is 8.00. The van der Waals surface area contributed by atoms with Crippen LogP contribution in [0.5, 0.6) is 0 Å². The smallest absolute Gasteiger partial charge is 0.236 e. The molecule has 3 aliphatic rings. The molecule has 1 unspecified atom stereocenters. The molecule has 1 N–H and O–H groups in total. The van der Waals surface area contributed by atoms with Gasteiger partial charge in [0.2, 0.25) is 5.91 Å². The predicted octanol–water partition coefficient (Wildman–Crippen LogP) is 1.10. The maximum atomic E-state index is 12.5. The Balaban J connectivity index is 1.31. The molecule has 0 radical (unpaired) electrons. The Kier molecular flexibility index (Phi) is 4.80. The molecule has 3 heterocycles. The van der Waals surface area contributed by atoms with Crippen LogP contribution < -0.4 is 0 Å². The average Bonchev–Trinajstić information content (AvgIpc) is 3.24. The van der Waals surface area contributed by atoms with Crippen molar-refractivity contribution in [1.82, 2.24) is 14.7 Å². The first-order valence-corrected chi connectivity index (χ1v) is 9.63. The summed E-state index contributed by atoms with van der Waals surface area (Å²) in [7, 11) is 0. The van der Waals surface area contributed by atoms with Gasteiger partial charge in [-0.3, -0.25) is 14.6 Å². The minimum Gasteiger partial charge on any atom is -0.387 e. The lowest BCUT2D eigenvalue weighted by Gasteiger charge is -2.34. The van der Waals surface area contributed by atoms with E-state index in [2.05, 4.69) is 34.1 Å². The molecule has 4 rings (SSSR count). The summed E-state index contributed by atoms with van der Waals surface area (Å²) >= 11 is 0. The highest BCUT2D eigenvalue weighted by Gasteiger charge is 2.40. The van der Waals surface area contributed by atoms with E-state index in [1.165, 1.54) is 24.0 Å². The summed E-state index contributed by atoms with van der Waals surface area (Å²) in [6, 6.07) is 8.58. The molecule has 5 heteroatoms. The van der Waals surface area contributed by atoms with Crippen LogP contribution in [0.2, 0.25) is 0 Å². The zero-order chi connectivity index (χ0) is 17.3. The van der Waals surface area contributed by atoms with Crippen molar-refractivity contribution in [1.29, 1.82) is 0 Å². The summed E-state index contributed by atoms with van der Waals surface area (Å²) in [5.74, 6) is 0.182. The van der Waals surface area contributed by atoms with Crippen molar-refractivity contribution in [3.63, 3.8) is 0 Å². The van der Waals surface area contributed by atoms with E-state index in [0.29, 0.717) is 32.6 Å². The highest BCUT2D eigenvalue weighted by atomic mass is 16.3. The molecule has 136 valence electrons. The molecule has 0 saturated carbocycles. The van der Waals surface area contributed by atoms with Gasteiger partial charge in [0, 0.05) is 26.2 Å². The highest BCUT2D eigenvalue weighted by Crippen LogP contribution is 2.26. The van der Waals surface area contributed by atoms with Crippen LogP contribution in [-0.4, -0.2) is 77.1 Å². The first kappa shape index (κ1) is 17.0. The second kappa shape index (κ2) is 7.06. The van der Waals surface area contributed by atoms with Gasteiger partial charge in [-0.2, -0.15) is 0 Å². The molecule has 1 aromatic rings. The van der Waals surface area contributed by atoms with Crippen LogP contribution in [-0.2, 0) is 17.8 Å². The topological polar surface area (TPSA) is 47.0 Å². The zero-order valence-corrected chi connectivity index (χ0v) is 15.0. The number of likely N-dealkylation sites (tertiary alicyclic amines) is 2. The maximum absolute atomic E-state index is 12.5. The molecule has 5 nitrogen and oxygen atoms in total. The molecule has 1 amide bonds. The number of carbonyl (C=O) groups excluding carboxylic acids is 1. The molecular formula is C20H29N3O2. The van der Waals surface area contributed by atoms with Crippen molar-refractivity contribution < 1.29 is 9.90 Å². The van der Waals surface area contributed by atoms with Gasteiger partial charge in [-0.15, -0.1) is 0 Å². The van der Waals surface area contributed by atoms with E-state index in [-0.39, 0.29) is 5.91 Å². The van der Waals surface area contributed by atoms with E-state index in [1.807, 2.05) is 4.90 Å². The number of hydrogen-bond acceptors (Lipinski definition) is 4. The van der Waals surface area contributed by atoms with Crippen molar-refractivity contribution in [3.8, 4) is 0 Å². The maximum Gasteiger partial charge on any atom is 0.236 e. The fourth-order valence-electron chi connectivity index (χ4n) is 4.54. The number of fused-ring (bicyclic) bond motifs is 1. The van der Waals surface area contributed by atoms with Gasteiger partial charge >= 0.3 is 0 Å². The third-order valence-electron chi connectivity index (χ3n) is 5.97. The van der Waals surface area contributed by atoms with Gasteiger partial charge < -0.3 is 10.0 Å². The number of hydrogen-bond donors (Lipinski definition) is 1. The van der Waals surface area contributed by atoms with E-state index in [1.54, 1.807) is 0 Å². The van der Waals surface area contributed by atoms with Crippen molar-refractivity contribution in [2.75, 3.05) is 45.8 Å². The van der Waals surface area contributed by atoms with Crippen LogP contribution in [0.1, 0.15) is 30.4 Å². The quantitative estimate of drug-likeness (QED) is 0.890. The average molecular weight is 343 g/mol. The fraction of sp³-hybridized carbons (Fsp3) is 0.650. The molecule has 25 heavy (non-hydrogen) atoms. The van der Waals surface area contributed by atoms with Gasteiger partial charge in [-0.05, 0) is 49.9 Å². The lowest BCUT2D eigenvalue weighted by Crippen LogP contribution is -2.48. The van der Waals surface area contributed by atoms with Gasteiger partial charge in [0.1, 0.15) is 0 Å². The summed E-state index contributed by atoms with van der Waals surface area (Å²) in [5.41, 5.74) is 2.05.